The Balaban J connectivity index is 1.78. The molecule has 0 saturated heterocycles. The van der Waals surface area contributed by atoms with Crippen molar-refractivity contribution in [3.8, 4) is 0 Å². The zero-order valence-electron chi connectivity index (χ0n) is 25.2. The van der Waals surface area contributed by atoms with Crippen LogP contribution in [-0.4, -0.2) is 56.5 Å². The van der Waals surface area contributed by atoms with Crippen LogP contribution in [0.25, 0.3) is 0 Å². The van der Waals surface area contributed by atoms with Crippen LogP contribution in [0.4, 0.5) is 14.4 Å². The number of nitrogens with one attached hydrogen (secondary N) is 1. The molecule has 1 aromatic rings. The molecule has 42 heavy (non-hydrogen) atoms. The molecule has 1 aliphatic carbocycles. The lowest BCUT2D eigenvalue weighted by atomic mass is 9.87. The summed E-state index contributed by atoms with van der Waals surface area (Å²) >= 11 is 0. The number of hydrogen-bond donors (Lipinski definition) is 3. The van der Waals surface area contributed by atoms with Gasteiger partial charge in [-0.2, -0.15) is 0 Å². The van der Waals surface area contributed by atoms with Crippen LogP contribution < -0.4 is 16.8 Å². The predicted molar refractivity (Wildman–Crippen MR) is 161 cm³/mol. The van der Waals surface area contributed by atoms with Crippen molar-refractivity contribution < 1.29 is 33.4 Å². The molecular formula is C31H50N4O7. The number of carbonyl (C=O) groups is 3. The highest BCUT2D eigenvalue weighted by molar-refractivity contribution is 5.98. The standard InChI is InChI=1S/C31H50N4O7/c1-24(35-42-21-20-39-31(38)34-28(22-40-29(32)36)23-41-30(33)37)25-16-18-27(19-17-25)26-14-12-10-8-6-4-2-3-5-7-9-11-13-15-26/h16-19,26,28H,2-15,20-23H2,1H3,(H2,32,36)(H2,33,37)(H,34,38)/b35-24+. The number of nitrogens with two attached hydrogens (primary N) is 2. The second kappa shape index (κ2) is 21.2. The van der Waals surface area contributed by atoms with Crippen molar-refractivity contribution in [1.82, 2.24) is 5.32 Å². The fraction of sp³-hybridized carbons (Fsp3) is 0.677. The average molecular weight is 591 g/mol. The SMILES string of the molecule is C/C(=N\OCCOC(=O)NC(COC(N)=O)COC(N)=O)c1ccc(C2CCCCCCCCCCCCCC2)cc1. The van der Waals surface area contributed by atoms with Gasteiger partial charge in [-0.1, -0.05) is 106 Å². The van der Waals surface area contributed by atoms with E-state index in [0.29, 0.717) is 5.92 Å². The minimum atomic E-state index is -1.04. The number of nitrogens with zero attached hydrogens (tertiary/aromatic N) is 1. The van der Waals surface area contributed by atoms with Gasteiger partial charge in [0.15, 0.2) is 6.61 Å². The molecule has 0 aromatic heterocycles. The Morgan fingerprint density at radius 1 is 0.762 bits per heavy atom. The molecule has 11 nitrogen and oxygen atoms in total. The molecule has 0 radical (unpaired) electrons. The number of ether oxygens (including phenoxy) is 3. The van der Waals surface area contributed by atoms with Gasteiger partial charge in [-0.15, -0.1) is 0 Å². The normalized spacial score (nSPS) is 16.5. The maximum Gasteiger partial charge on any atom is 0.407 e. The van der Waals surface area contributed by atoms with Crippen molar-refractivity contribution in [2.45, 2.75) is 109 Å². The number of benzene rings is 1. The monoisotopic (exact) mass is 590 g/mol. The molecule has 1 aromatic carbocycles. The Kier molecular flexibility index (Phi) is 17.5. The minimum Gasteiger partial charge on any atom is -0.447 e. The lowest BCUT2D eigenvalue weighted by molar-refractivity contribution is 0.0673. The van der Waals surface area contributed by atoms with Gasteiger partial charge in [-0.3, -0.25) is 0 Å². The van der Waals surface area contributed by atoms with Crippen molar-refractivity contribution in [1.29, 1.82) is 0 Å². The predicted octanol–water partition coefficient (Wildman–Crippen LogP) is 6.27. The second-order valence-electron chi connectivity index (χ2n) is 10.9. The van der Waals surface area contributed by atoms with Gasteiger partial charge in [-0.25, -0.2) is 14.4 Å². The summed E-state index contributed by atoms with van der Waals surface area (Å²) in [4.78, 5) is 38.9. The van der Waals surface area contributed by atoms with Crippen molar-refractivity contribution in [2.75, 3.05) is 26.4 Å². The molecule has 0 spiro atoms. The van der Waals surface area contributed by atoms with Gasteiger partial charge >= 0.3 is 18.3 Å². The van der Waals surface area contributed by atoms with E-state index < -0.39 is 24.3 Å². The topological polar surface area (TPSA) is 165 Å². The molecule has 5 N–H and O–H groups in total. The fourth-order valence-electron chi connectivity index (χ4n) is 5.10. The van der Waals surface area contributed by atoms with Crippen molar-refractivity contribution in [2.24, 2.45) is 16.6 Å². The molecule has 0 heterocycles. The Morgan fingerprint density at radius 3 is 1.71 bits per heavy atom. The lowest BCUT2D eigenvalue weighted by Crippen LogP contribution is -2.43. The maximum atomic E-state index is 12.0. The van der Waals surface area contributed by atoms with Crippen LogP contribution in [0.3, 0.4) is 0 Å². The summed E-state index contributed by atoms with van der Waals surface area (Å²) in [7, 11) is 0. The van der Waals surface area contributed by atoms with E-state index in [1.54, 1.807) is 0 Å². The van der Waals surface area contributed by atoms with Crippen molar-refractivity contribution >= 4 is 24.0 Å². The van der Waals surface area contributed by atoms with Crippen LogP contribution in [0.2, 0.25) is 0 Å². The van der Waals surface area contributed by atoms with Gasteiger partial charge in [0.05, 0.1) is 5.71 Å². The van der Waals surface area contributed by atoms with E-state index in [4.69, 9.17) is 21.0 Å². The number of rotatable bonds is 11. The van der Waals surface area contributed by atoms with E-state index in [9.17, 15) is 14.4 Å². The number of carbonyl (C=O) groups excluding carboxylic acids is 3. The molecule has 1 fully saturated rings. The molecular weight excluding hydrogens is 540 g/mol. The molecule has 1 saturated carbocycles. The number of hydrogen-bond acceptors (Lipinski definition) is 8. The molecule has 1 aliphatic rings. The van der Waals surface area contributed by atoms with Crippen LogP contribution in [-0.2, 0) is 19.0 Å². The highest BCUT2D eigenvalue weighted by atomic mass is 16.6. The first kappa shape index (κ1) is 34.7. The smallest absolute Gasteiger partial charge is 0.407 e. The van der Waals surface area contributed by atoms with E-state index in [1.807, 2.05) is 6.92 Å². The van der Waals surface area contributed by atoms with E-state index >= 15 is 0 Å². The number of primary amides is 2. The third kappa shape index (κ3) is 16.1. The first-order valence-electron chi connectivity index (χ1n) is 15.4. The van der Waals surface area contributed by atoms with E-state index in [1.165, 1.54) is 95.5 Å². The number of amides is 3. The Labute approximate surface area is 250 Å². The molecule has 0 unspecified atom stereocenters. The van der Waals surface area contributed by atoms with Crippen molar-refractivity contribution in [3.63, 3.8) is 0 Å². The van der Waals surface area contributed by atoms with Crippen LogP contribution in [0.1, 0.15) is 114 Å². The summed E-state index contributed by atoms with van der Waals surface area (Å²) in [5.74, 6) is 0.602. The number of oxime groups is 1. The highest BCUT2D eigenvalue weighted by Gasteiger charge is 2.17. The van der Waals surface area contributed by atoms with Crippen LogP contribution >= 0.6 is 0 Å². The zero-order valence-corrected chi connectivity index (χ0v) is 25.2. The third-order valence-electron chi connectivity index (χ3n) is 7.44. The van der Waals surface area contributed by atoms with E-state index in [-0.39, 0.29) is 26.4 Å². The van der Waals surface area contributed by atoms with Gasteiger partial charge in [0.25, 0.3) is 0 Å². The molecule has 2 rings (SSSR count). The summed E-state index contributed by atoms with van der Waals surface area (Å²) in [6.45, 7) is 1.18. The Bertz CT molecular complexity index is 921. The summed E-state index contributed by atoms with van der Waals surface area (Å²) in [6.07, 6.45) is 15.9. The quantitative estimate of drug-likeness (QED) is 0.118. The molecule has 236 valence electrons. The Hall–Kier alpha value is -3.50. The zero-order chi connectivity index (χ0) is 30.4. The Morgan fingerprint density at radius 2 is 1.24 bits per heavy atom. The van der Waals surface area contributed by atoms with E-state index in [0.717, 1.165) is 11.3 Å². The second-order valence-corrected chi connectivity index (χ2v) is 10.9. The molecule has 0 bridgehead atoms. The fourth-order valence-corrected chi connectivity index (χ4v) is 5.10. The molecule has 3 amide bonds. The number of alkyl carbamates (subject to hydrolysis) is 1. The highest BCUT2D eigenvalue weighted by Crippen LogP contribution is 2.29. The van der Waals surface area contributed by atoms with Crippen LogP contribution in [0, 0.1) is 0 Å². The summed E-state index contributed by atoms with van der Waals surface area (Å²) in [5.41, 5.74) is 12.9. The van der Waals surface area contributed by atoms with Gasteiger partial charge < -0.3 is 35.8 Å². The van der Waals surface area contributed by atoms with Gasteiger partial charge in [0, 0.05) is 0 Å². The summed E-state index contributed by atoms with van der Waals surface area (Å²) in [6, 6.07) is 7.76. The van der Waals surface area contributed by atoms with Crippen LogP contribution in [0.5, 0.6) is 0 Å². The maximum absolute atomic E-state index is 12.0. The summed E-state index contributed by atoms with van der Waals surface area (Å²) in [5, 5.41) is 6.54. The molecule has 0 atom stereocenters. The molecule has 11 heteroatoms. The minimum absolute atomic E-state index is 0.0329. The summed E-state index contributed by atoms with van der Waals surface area (Å²) < 4.78 is 14.3. The van der Waals surface area contributed by atoms with Gasteiger partial charge in [0.2, 0.25) is 0 Å². The largest absolute Gasteiger partial charge is 0.447 e. The first-order valence-corrected chi connectivity index (χ1v) is 15.4. The van der Waals surface area contributed by atoms with Crippen molar-refractivity contribution in [3.05, 3.63) is 35.4 Å². The van der Waals surface area contributed by atoms with E-state index in [2.05, 4.69) is 44.2 Å². The lowest BCUT2D eigenvalue weighted by Gasteiger charge is -2.18. The third-order valence-corrected chi connectivity index (χ3v) is 7.44. The average Bonchev–Trinajstić information content (AvgIpc) is 2.98. The molecule has 0 aliphatic heterocycles. The van der Waals surface area contributed by atoms with Gasteiger partial charge in [-0.05, 0) is 36.8 Å². The van der Waals surface area contributed by atoms with Crippen LogP contribution in [0.15, 0.2) is 29.4 Å². The van der Waals surface area contributed by atoms with Gasteiger partial charge in [0.1, 0.15) is 25.9 Å². The first-order chi connectivity index (χ1) is 20.3.